The Morgan fingerprint density at radius 1 is 1.23 bits per heavy atom. The lowest BCUT2D eigenvalue weighted by molar-refractivity contribution is -0.148. The van der Waals surface area contributed by atoms with Crippen LogP contribution in [-0.2, 0) is 19.4 Å². The molecule has 1 aromatic heterocycles. The van der Waals surface area contributed by atoms with Gasteiger partial charge in [-0.15, -0.1) is 0 Å². The first kappa shape index (κ1) is 22.0. The van der Waals surface area contributed by atoms with Gasteiger partial charge in [-0.1, -0.05) is 26.0 Å². The zero-order chi connectivity index (χ0) is 21.9. The predicted molar refractivity (Wildman–Crippen MR) is 114 cm³/mol. The van der Waals surface area contributed by atoms with Crippen LogP contribution in [0, 0.1) is 5.92 Å². The van der Waals surface area contributed by atoms with Crippen molar-refractivity contribution < 1.29 is 17.9 Å². The summed E-state index contributed by atoms with van der Waals surface area (Å²) in [5, 5.41) is 0. The van der Waals surface area contributed by atoms with E-state index in [9.17, 15) is 13.2 Å². The Kier molecular flexibility index (Phi) is 6.60. The normalized spacial score (nSPS) is 15.4. The van der Waals surface area contributed by atoms with Crippen molar-refractivity contribution in [2.75, 3.05) is 30.3 Å². The Morgan fingerprint density at radius 2 is 1.87 bits per heavy atom. The summed E-state index contributed by atoms with van der Waals surface area (Å²) in [6, 6.07) is 6.77. The standard InChI is InChI=1S/C21H28N4O4S/c1-4-29-20(26)16-9-11-25(12-10-16)21-23-13-18(19(22)24-21)30(27,28)17-7-5-15(6-8-17)14(2)3/h5-8,13-14,16H,4,9-12H2,1-3H3,(H2,22,23,24). The topological polar surface area (TPSA) is 115 Å². The van der Waals surface area contributed by atoms with Crippen LogP contribution in [0.1, 0.15) is 45.1 Å². The number of sulfone groups is 1. The summed E-state index contributed by atoms with van der Waals surface area (Å²) < 4.78 is 31.0. The van der Waals surface area contributed by atoms with E-state index >= 15 is 0 Å². The van der Waals surface area contributed by atoms with Crippen LogP contribution < -0.4 is 10.6 Å². The highest BCUT2D eigenvalue weighted by Gasteiger charge is 2.28. The first-order valence-electron chi connectivity index (χ1n) is 10.1. The average Bonchev–Trinajstić information content (AvgIpc) is 2.74. The molecule has 0 saturated carbocycles. The molecular formula is C21H28N4O4S. The number of aromatic nitrogens is 2. The summed E-state index contributed by atoms with van der Waals surface area (Å²) in [6.45, 7) is 7.40. The lowest BCUT2D eigenvalue weighted by atomic mass is 9.97. The minimum atomic E-state index is -3.82. The smallest absolute Gasteiger partial charge is 0.309 e. The van der Waals surface area contributed by atoms with Crippen LogP contribution in [0.25, 0.3) is 0 Å². The van der Waals surface area contributed by atoms with Gasteiger partial charge in [-0.3, -0.25) is 4.79 Å². The molecule has 2 heterocycles. The van der Waals surface area contributed by atoms with Crippen molar-refractivity contribution >= 4 is 27.6 Å². The number of esters is 1. The average molecular weight is 433 g/mol. The number of nitrogens with two attached hydrogens (primary N) is 1. The van der Waals surface area contributed by atoms with Crippen molar-refractivity contribution in [1.29, 1.82) is 0 Å². The number of hydrogen-bond donors (Lipinski definition) is 1. The SMILES string of the molecule is CCOC(=O)C1CCN(c2ncc(S(=O)(=O)c3ccc(C(C)C)cc3)c(N)n2)CC1. The third-order valence-corrected chi connectivity index (χ3v) is 7.10. The number of nitrogen functional groups attached to an aromatic ring is 1. The van der Waals surface area contributed by atoms with Gasteiger partial charge in [0, 0.05) is 13.1 Å². The molecule has 2 N–H and O–H groups in total. The zero-order valence-electron chi connectivity index (χ0n) is 17.5. The number of carbonyl (C=O) groups excluding carboxylic acids is 1. The molecule has 0 unspecified atom stereocenters. The lowest BCUT2D eigenvalue weighted by Gasteiger charge is -2.30. The summed E-state index contributed by atoms with van der Waals surface area (Å²) >= 11 is 0. The third-order valence-electron chi connectivity index (χ3n) is 5.31. The van der Waals surface area contributed by atoms with E-state index in [-0.39, 0.29) is 27.5 Å². The van der Waals surface area contributed by atoms with E-state index in [4.69, 9.17) is 10.5 Å². The quantitative estimate of drug-likeness (QED) is 0.693. The lowest BCUT2D eigenvalue weighted by Crippen LogP contribution is -2.38. The number of piperidine rings is 1. The van der Waals surface area contributed by atoms with Gasteiger partial charge < -0.3 is 15.4 Å². The van der Waals surface area contributed by atoms with Gasteiger partial charge >= 0.3 is 5.97 Å². The van der Waals surface area contributed by atoms with Crippen molar-refractivity contribution in [1.82, 2.24) is 9.97 Å². The second-order valence-electron chi connectivity index (χ2n) is 7.66. The van der Waals surface area contributed by atoms with E-state index in [1.54, 1.807) is 31.2 Å². The molecule has 0 amide bonds. The molecule has 1 saturated heterocycles. The Morgan fingerprint density at radius 3 is 2.40 bits per heavy atom. The maximum atomic E-state index is 13.0. The second-order valence-corrected chi connectivity index (χ2v) is 9.58. The summed E-state index contributed by atoms with van der Waals surface area (Å²) in [4.78, 5) is 22.3. The fourth-order valence-corrected chi connectivity index (χ4v) is 4.73. The number of benzene rings is 1. The van der Waals surface area contributed by atoms with Gasteiger partial charge in [0.25, 0.3) is 0 Å². The van der Waals surface area contributed by atoms with Crippen molar-refractivity contribution in [2.45, 2.75) is 49.3 Å². The first-order chi connectivity index (χ1) is 14.2. The van der Waals surface area contributed by atoms with Gasteiger partial charge in [0.05, 0.1) is 23.6 Å². The first-order valence-corrected chi connectivity index (χ1v) is 11.6. The molecule has 9 heteroatoms. The molecule has 3 rings (SSSR count). The predicted octanol–water partition coefficient (Wildman–Crippen LogP) is 2.79. The Bertz CT molecular complexity index is 998. The maximum Gasteiger partial charge on any atom is 0.309 e. The molecule has 0 bridgehead atoms. The largest absolute Gasteiger partial charge is 0.466 e. The number of rotatable bonds is 6. The van der Waals surface area contributed by atoms with Crippen LogP contribution >= 0.6 is 0 Å². The van der Waals surface area contributed by atoms with Gasteiger partial charge in [0.15, 0.2) is 0 Å². The number of hydrogen-bond acceptors (Lipinski definition) is 8. The summed E-state index contributed by atoms with van der Waals surface area (Å²) in [6.07, 6.45) is 2.52. The van der Waals surface area contributed by atoms with E-state index < -0.39 is 9.84 Å². The van der Waals surface area contributed by atoms with E-state index in [1.165, 1.54) is 6.20 Å². The Balaban J connectivity index is 1.76. The molecule has 1 fully saturated rings. The highest BCUT2D eigenvalue weighted by atomic mass is 32.2. The van der Waals surface area contributed by atoms with Crippen LogP contribution in [0.3, 0.4) is 0 Å². The Labute approximate surface area is 177 Å². The minimum absolute atomic E-state index is 0.0829. The molecule has 0 aliphatic carbocycles. The molecule has 0 atom stereocenters. The Hall–Kier alpha value is -2.68. The molecule has 1 aliphatic rings. The van der Waals surface area contributed by atoms with Crippen LogP contribution in [0.5, 0.6) is 0 Å². The fourth-order valence-electron chi connectivity index (χ4n) is 3.47. The van der Waals surface area contributed by atoms with Gasteiger partial charge in [-0.05, 0) is 43.4 Å². The maximum absolute atomic E-state index is 13.0. The van der Waals surface area contributed by atoms with Crippen molar-refractivity contribution in [2.24, 2.45) is 5.92 Å². The molecule has 0 spiro atoms. The summed E-state index contributed by atoms with van der Waals surface area (Å²) in [5.41, 5.74) is 7.07. The summed E-state index contributed by atoms with van der Waals surface area (Å²) in [5.74, 6) is 0.279. The van der Waals surface area contributed by atoms with Crippen molar-refractivity contribution in [3.8, 4) is 0 Å². The number of nitrogens with zero attached hydrogens (tertiary/aromatic N) is 3. The zero-order valence-corrected chi connectivity index (χ0v) is 18.4. The monoisotopic (exact) mass is 432 g/mol. The molecular weight excluding hydrogens is 404 g/mol. The van der Waals surface area contributed by atoms with Crippen molar-refractivity contribution in [3.05, 3.63) is 36.0 Å². The molecule has 1 aliphatic heterocycles. The van der Waals surface area contributed by atoms with Gasteiger partial charge in [-0.2, -0.15) is 4.98 Å². The van der Waals surface area contributed by atoms with E-state index in [2.05, 4.69) is 9.97 Å². The second kappa shape index (κ2) is 8.99. The van der Waals surface area contributed by atoms with Crippen molar-refractivity contribution in [3.63, 3.8) is 0 Å². The van der Waals surface area contributed by atoms with Gasteiger partial charge in [-0.25, -0.2) is 13.4 Å². The van der Waals surface area contributed by atoms with Crippen LogP contribution in [0.2, 0.25) is 0 Å². The van der Waals surface area contributed by atoms with Crippen LogP contribution in [-0.4, -0.2) is 44.1 Å². The van der Waals surface area contributed by atoms with E-state index in [0.29, 0.717) is 44.4 Å². The van der Waals surface area contributed by atoms with Gasteiger partial charge in [0.1, 0.15) is 10.7 Å². The highest BCUT2D eigenvalue weighted by Crippen LogP contribution is 2.28. The van der Waals surface area contributed by atoms with E-state index in [0.717, 1.165) is 5.56 Å². The molecule has 0 radical (unpaired) electrons. The third kappa shape index (κ3) is 4.56. The molecule has 2 aromatic rings. The minimum Gasteiger partial charge on any atom is -0.466 e. The molecule has 162 valence electrons. The molecule has 8 nitrogen and oxygen atoms in total. The number of carbonyl (C=O) groups is 1. The number of ether oxygens (including phenoxy) is 1. The molecule has 1 aromatic carbocycles. The summed E-state index contributed by atoms with van der Waals surface area (Å²) in [7, 11) is -3.82. The highest BCUT2D eigenvalue weighted by molar-refractivity contribution is 7.91. The van der Waals surface area contributed by atoms with Crippen LogP contribution in [0.15, 0.2) is 40.3 Å². The molecule has 30 heavy (non-hydrogen) atoms. The number of anilines is 2. The van der Waals surface area contributed by atoms with Gasteiger partial charge in [0.2, 0.25) is 15.8 Å². The fraction of sp³-hybridized carbons (Fsp3) is 0.476. The van der Waals surface area contributed by atoms with E-state index in [1.807, 2.05) is 18.7 Å². The van der Waals surface area contributed by atoms with Crippen LogP contribution in [0.4, 0.5) is 11.8 Å².